The van der Waals surface area contributed by atoms with Gasteiger partial charge in [-0.3, -0.25) is 14.0 Å². The number of nitrogens with zero attached hydrogens (tertiary/aromatic N) is 3. The van der Waals surface area contributed by atoms with Gasteiger partial charge in [0.15, 0.2) is 0 Å². The second-order valence-corrected chi connectivity index (χ2v) is 15.0. The van der Waals surface area contributed by atoms with Crippen molar-refractivity contribution in [1.29, 1.82) is 0 Å². The van der Waals surface area contributed by atoms with Gasteiger partial charge < -0.3 is 0 Å². The fraction of sp³-hybridized carbons (Fsp3) is 1.00. The highest BCUT2D eigenvalue weighted by molar-refractivity contribution is 7.50. The van der Waals surface area contributed by atoms with Gasteiger partial charge in [-0.1, -0.05) is 77.0 Å². The van der Waals surface area contributed by atoms with Crippen LogP contribution in [0.5, 0.6) is 0 Å². The van der Waals surface area contributed by atoms with Gasteiger partial charge >= 0.3 is 0 Å². The van der Waals surface area contributed by atoms with Gasteiger partial charge in [0.1, 0.15) is 8.37 Å². The van der Waals surface area contributed by atoms with E-state index in [2.05, 4.69) is 14.0 Å². The molecule has 6 rings (SSSR count). The van der Waals surface area contributed by atoms with Gasteiger partial charge in [-0.05, 0) is 77.0 Å². The molecule has 34 heavy (non-hydrogen) atoms. The van der Waals surface area contributed by atoms with E-state index in [4.69, 9.17) is 0 Å². The average Bonchev–Trinajstić information content (AvgIpc) is 3.68. The van der Waals surface area contributed by atoms with E-state index in [9.17, 15) is 0 Å². The summed E-state index contributed by atoms with van der Waals surface area (Å²) in [6.07, 6.45) is 36.0. The van der Waals surface area contributed by atoms with Crippen LogP contribution in [0.25, 0.3) is 0 Å². The molecule has 0 N–H and O–H groups in total. The maximum atomic E-state index is 3.35. The molecular weight excluding hydrogens is 433 g/mol. The van der Waals surface area contributed by atoms with Crippen LogP contribution < -0.4 is 0 Å². The van der Waals surface area contributed by atoms with Gasteiger partial charge in [-0.2, -0.15) is 0 Å². The van der Waals surface area contributed by atoms with E-state index < -0.39 is 0 Å². The Hall–Kier alpha value is 0.310. The summed E-state index contributed by atoms with van der Waals surface area (Å²) in [6.45, 7) is 0. The molecule has 0 amide bonds. The molecule has 0 heterocycles. The van der Waals surface area contributed by atoms with Crippen molar-refractivity contribution in [2.75, 3.05) is 0 Å². The Morgan fingerprint density at radius 3 is 0.559 bits per heavy atom. The normalized spacial score (nSPS) is 29.6. The van der Waals surface area contributed by atoms with Crippen LogP contribution in [0, 0.1) is 0 Å². The molecule has 0 spiro atoms. The van der Waals surface area contributed by atoms with Crippen molar-refractivity contribution in [3.05, 3.63) is 0 Å². The summed E-state index contributed by atoms with van der Waals surface area (Å²) in [7, 11) is -0.317. The average molecular weight is 488 g/mol. The summed E-state index contributed by atoms with van der Waals surface area (Å²) in [4.78, 5) is 0. The van der Waals surface area contributed by atoms with Crippen LogP contribution in [0.2, 0.25) is 0 Å². The third kappa shape index (κ3) is 5.16. The van der Waals surface area contributed by atoms with Gasteiger partial charge in [-0.25, -0.2) is 0 Å². The quantitative estimate of drug-likeness (QED) is 0.301. The molecule has 194 valence electrons. The molecule has 0 saturated heterocycles. The first-order valence-electron chi connectivity index (χ1n) is 16.0. The summed E-state index contributed by atoms with van der Waals surface area (Å²) in [6, 6.07) is 5.36. The Morgan fingerprint density at radius 2 is 0.412 bits per heavy atom. The smallest absolute Gasteiger partial charge is 0.121 e. The summed E-state index contributed by atoms with van der Waals surface area (Å²) in [5.41, 5.74) is 0. The van der Waals surface area contributed by atoms with E-state index in [1.165, 1.54) is 154 Å². The van der Waals surface area contributed by atoms with E-state index in [1.54, 1.807) is 0 Å². The lowest BCUT2D eigenvalue weighted by molar-refractivity contribution is 0.152. The van der Waals surface area contributed by atoms with Crippen LogP contribution in [0.4, 0.5) is 0 Å². The van der Waals surface area contributed by atoms with E-state index in [0.717, 1.165) is 36.3 Å². The van der Waals surface area contributed by atoms with E-state index in [1.807, 2.05) is 0 Å². The van der Waals surface area contributed by atoms with Crippen molar-refractivity contribution in [2.24, 2.45) is 0 Å². The zero-order valence-corrected chi connectivity index (χ0v) is 23.1. The van der Waals surface area contributed by atoms with Crippen molar-refractivity contribution in [2.45, 2.75) is 190 Å². The van der Waals surface area contributed by atoms with Crippen molar-refractivity contribution < 1.29 is 0 Å². The van der Waals surface area contributed by atoms with Gasteiger partial charge in [0.25, 0.3) is 0 Å². The van der Waals surface area contributed by atoms with E-state index in [-0.39, 0.29) is 8.37 Å². The van der Waals surface area contributed by atoms with E-state index >= 15 is 0 Å². The van der Waals surface area contributed by atoms with Crippen molar-refractivity contribution in [3.63, 3.8) is 0 Å². The Labute approximate surface area is 212 Å². The zero-order chi connectivity index (χ0) is 22.7. The fourth-order valence-electron chi connectivity index (χ4n) is 9.14. The van der Waals surface area contributed by atoms with Gasteiger partial charge in [0.2, 0.25) is 0 Å². The van der Waals surface area contributed by atoms with Crippen molar-refractivity contribution >= 4 is 8.37 Å². The van der Waals surface area contributed by atoms with Gasteiger partial charge in [-0.15, -0.1) is 0 Å². The molecule has 6 fully saturated rings. The molecular formula is C30H54N3P. The van der Waals surface area contributed by atoms with E-state index in [0.29, 0.717) is 0 Å². The molecule has 6 aliphatic rings. The first-order chi connectivity index (χ1) is 16.9. The second kappa shape index (κ2) is 11.8. The maximum Gasteiger partial charge on any atom is 0.121 e. The zero-order valence-electron chi connectivity index (χ0n) is 22.2. The molecule has 3 nitrogen and oxygen atoms in total. The molecule has 0 aromatic carbocycles. The third-order valence-corrected chi connectivity index (χ3v) is 14.0. The number of hydrogen-bond acceptors (Lipinski definition) is 3. The van der Waals surface area contributed by atoms with Crippen LogP contribution in [0.1, 0.15) is 154 Å². The monoisotopic (exact) mass is 487 g/mol. The summed E-state index contributed by atoms with van der Waals surface area (Å²) < 4.78 is 10.0. The Bertz CT molecular complexity index is 473. The Balaban J connectivity index is 1.43. The van der Waals surface area contributed by atoms with Crippen molar-refractivity contribution in [1.82, 2.24) is 14.0 Å². The molecule has 0 atom stereocenters. The fourth-order valence-corrected chi connectivity index (χ4v) is 13.0. The topological polar surface area (TPSA) is 9.72 Å². The molecule has 4 heteroatoms. The molecule has 0 unspecified atom stereocenters. The molecule has 0 radical (unpaired) electrons. The lowest BCUT2D eigenvalue weighted by Crippen LogP contribution is -2.53. The second-order valence-electron chi connectivity index (χ2n) is 13.0. The minimum atomic E-state index is -0.317. The molecule has 6 saturated carbocycles. The predicted octanol–water partition coefficient (Wildman–Crippen LogP) is 8.77. The highest BCUT2D eigenvalue weighted by Gasteiger charge is 2.50. The molecule has 0 aliphatic heterocycles. The first-order valence-corrected chi connectivity index (χ1v) is 17.2. The lowest BCUT2D eigenvalue weighted by atomic mass is 10.2. The highest BCUT2D eigenvalue weighted by atomic mass is 31.2. The number of rotatable bonds is 9. The van der Waals surface area contributed by atoms with Gasteiger partial charge in [0.05, 0.1) is 0 Å². The summed E-state index contributed by atoms with van der Waals surface area (Å²) in [5.74, 6) is 0. The van der Waals surface area contributed by atoms with Gasteiger partial charge in [0, 0.05) is 36.3 Å². The lowest BCUT2D eigenvalue weighted by Gasteiger charge is -2.56. The Kier molecular flexibility index (Phi) is 8.54. The summed E-state index contributed by atoms with van der Waals surface area (Å²) >= 11 is 0. The molecule has 6 aliphatic carbocycles. The van der Waals surface area contributed by atoms with Crippen LogP contribution >= 0.6 is 8.37 Å². The van der Waals surface area contributed by atoms with Crippen LogP contribution in [-0.2, 0) is 0 Å². The molecule has 0 aromatic rings. The van der Waals surface area contributed by atoms with Crippen LogP contribution in [-0.4, -0.2) is 50.3 Å². The highest BCUT2D eigenvalue weighted by Crippen LogP contribution is 2.62. The van der Waals surface area contributed by atoms with Crippen molar-refractivity contribution in [3.8, 4) is 0 Å². The number of hydrogen-bond donors (Lipinski definition) is 0. The third-order valence-electron chi connectivity index (χ3n) is 10.8. The maximum absolute atomic E-state index is 3.35. The SMILES string of the molecule is C1CCC(N(C2CCCC2)P(N(C2CCCC2)C2CCCC2)N(C2CCCC2)C2CCCC2)C1. The van der Waals surface area contributed by atoms with Crippen LogP contribution in [0.3, 0.4) is 0 Å². The molecule has 0 aromatic heterocycles. The molecule has 0 bridgehead atoms. The standard InChI is InChI=1S/C30H54N3P/c1-2-14-25(13-1)31(26-15-3-4-16-26)34(32(27-17-5-6-18-27)28-19-7-8-20-28)33(29-21-9-10-22-29)30-23-11-12-24-30/h25-30H,1-24H2. The largest absolute Gasteiger partial charge is 0.251 e. The van der Waals surface area contributed by atoms with Crippen LogP contribution in [0.15, 0.2) is 0 Å². The minimum absolute atomic E-state index is 0.317. The first kappa shape index (κ1) is 24.6. The summed E-state index contributed by atoms with van der Waals surface area (Å²) in [5, 5.41) is 0. The predicted molar refractivity (Wildman–Crippen MR) is 146 cm³/mol. The Morgan fingerprint density at radius 1 is 0.265 bits per heavy atom. The minimum Gasteiger partial charge on any atom is -0.251 e.